The number of rotatable bonds is 2. The molecule has 0 aliphatic heterocycles. The minimum Gasteiger partial charge on any atom is -0.233 e. The molecule has 14 heavy (non-hydrogen) atoms. The monoisotopic (exact) mass is 204 g/mol. The van der Waals surface area contributed by atoms with Crippen molar-refractivity contribution >= 4 is 0 Å². The van der Waals surface area contributed by atoms with Crippen LogP contribution in [-0.4, -0.2) is 9.97 Å². The highest BCUT2D eigenvalue weighted by atomic mass is 19.4. The van der Waals surface area contributed by atoms with Crippen LogP contribution in [0.3, 0.4) is 0 Å². The maximum Gasteiger partial charge on any atom is 0.451 e. The minimum atomic E-state index is -4.45. The summed E-state index contributed by atoms with van der Waals surface area (Å²) in [5, 5.41) is 0. The molecule has 0 radical (unpaired) electrons. The van der Waals surface area contributed by atoms with E-state index >= 15 is 0 Å². The van der Waals surface area contributed by atoms with Gasteiger partial charge in [0.05, 0.1) is 0 Å². The molecular formula is C9H11F3N2. The van der Waals surface area contributed by atoms with Gasteiger partial charge >= 0.3 is 6.18 Å². The van der Waals surface area contributed by atoms with E-state index in [4.69, 9.17) is 0 Å². The van der Waals surface area contributed by atoms with E-state index < -0.39 is 12.0 Å². The number of hydrogen-bond acceptors (Lipinski definition) is 2. The second-order valence-electron chi connectivity index (χ2n) is 3.15. The molecule has 1 atom stereocenters. The zero-order chi connectivity index (χ0) is 10.8. The Morgan fingerprint density at radius 1 is 1.29 bits per heavy atom. The van der Waals surface area contributed by atoms with Gasteiger partial charge in [0.25, 0.3) is 0 Å². The van der Waals surface area contributed by atoms with Crippen LogP contribution in [0.15, 0.2) is 12.4 Å². The molecular weight excluding hydrogens is 193 g/mol. The Morgan fingerprint density at radius 2 is 1.79 bits per heavy atom. The SMILES string of the molecule is CC[C@H](C)c1cnc(C(F)(F)F)nc1. The molecule has 78 valence electrons. The minimum absolute atomic E-state index is 0.192. The molecule has 0 amide bonds. The molecule has 0 saturated heterocycles. The van der Waals surface area contributed by atoms with Gasteiger partial charge in [-0.15, -0.1) is 0 Å². The summed E-state index contributed by atoms with van der Waals surface area (Å²) in [6.07, 6.45) is -1.11. The predicted molar refractivity (Wildman–Crippen MR) is 45.7 cm³/mol. The molecule has 1 aromatic heterocycles. The molecule has 5 heteroatoms. The summed E-state index contributed by atoms with van der Waals surface area (Å²) in [5.74, 6) is -0.887. The number of alkyl halides is 3. The van der Waals surface area contributed by atoms with Gasteiger partial charge in [-0.25, -0.2) is 9.97 Å². The highest BCUT2D eigenvalue weighted by Gasteiger charge is 2.34. The molecule has 0 fully saturated rings. The van der Waals surface area contributed by atoms with Crippen LogP contribution in [0, 0.1) is 0 Å². The molecule has 0 aromatic carbocycles. The van der Waals surface area contributed by atoms with Crippen molar-refractivity contribution in [3.63, 3.8) is 0 Å². The Labute approximate surface area is 80.2 Å². The summed E-state index contributed by atoms with van der Waals surface area (Å²) in [6, 6.07) is 0. The Morgan fingerprint density at radius 3 is 2.14 bits per heavy atom. The lowest BCUT2D eigenvalue weighted by molar-refractivity contribution is -0.145. The topological polar surface area (TPSA) is 25.8 Å². The van der Waals surface area contributed by atoms with Crippen LogP contribution in [0.4, 0.5) is 13.2 Å². The Bertz CT molecular complexity index is 292. The van der Waals surface area contributed by atoms with Crippen LogP contribution in [0.25, 0.3) is 0 Å². The van der Waals surface area contributed by atoms with Gasteiger partial charge in [-0.3, -0.25) is 0 Å². The summed E-state index contributed by atoms with van der Waals surface area (Å²) in [6.45, 7) is 3.88. The average molecular weight is 204 g/mol. The van der Waals surface area contributed by atoms with E-state index in [0.717, 1.165) is 12.0 Å². The molecule has 1 heterocycles. The fourth-order valence-electron chi connectivity index (χ4n) is 0.975. The van der Waals surface area contributed by atoms with Crippen LogP contribution in [0.1, 0.15) is 37.6 Å². The van der Waals surface area contributed by atoms with Crippen LogP contribution >= 0.6 is 0 Å². The summed E-state index contributed by atoms with van der Waals surface area (Å²) >= 11 is 0. The van der Waals surface area contributed by atoms with Crippen molar-refractivity contribution < 1.29 is 13.2 Å². The maximum absolute atomic E-state index is 12.1. The number of aromatic nitrogens is 2. The zero-order valence-electron chi connectivity index (χ0n) is 7.97. The van der Waals surface area contributed by atoms with E-state index in [1.807, 2.05) is 13.8 Å². The Hall–Kier alpha value is -1.13. The summed E-state index contributed by atoms with van der Waals surface area (Å²) in [5.41, 5.74) is 0.737. The maximum atomic E-state index is 12.1. The number of hydrogen-bond donors (Lipinski definition) is 0. The van der Waals surface area contributed by atoms with Crippen molar-refractivity contribution in [3.8, 4) is 0 Å². The van der Waals surface area contributed by atoms with Crippen LogP contribution < -0.4 is 0 Å². The largest absolute Gasteiger partial charge is 0.451 e. The van der Waals surface area contributed by atoms with Crippen LogP contribution in [0.5, 0.6) is 0 Å². The van der Waals surface area contributed by atoms with Crippen molar-refractivity contribution in [1.29, 1.82) is 0 Å². The highest BCUT2D eigenvalue weighted by molar-refractivity contribution is 5.11. The Balaban J connectivity index is 2.89. The van der Waals surface area contributed by atoms with Gasteiger partial charge in [-0.1, -0.05) is 13.8 Å². The predicted octanol–water partition coefficient (Wildman–Crippen LogP) is 3.01. The summed E-state index contributed by atoms with van der Waals surface area (Å²) in [4.78, 5) is 6.57. The van der Waals surface area contributed by atoms with E-state index in [-0.39, 0.29) is 5.92 Å². The van der Waals surface area contributed by atoms with Crippen LogP contribution in [-0.2, 0) is 6.18 Å². The van der Waals surface area contributed by atoms with E-state index in [1.165, 1.54) is 12.4 Å². The lowest BCUT2D eigenvalue weighted by Crippen LogP contribution is -2.11. The first-order valence-corrected chi connectivity index (χ1v) is 4.34. The molecule has 0 unspecified atom stereocenters. The molecule has 0 spiro atoms. The fraction of sp³-hybridized carbons (Fsp3) is 0.556. The third-order valence-electron chi connectivity index (χ3n) is 2.11. The van der Waals surface area contributed by atoms with E-state index in [1.54, 1.807) is 0 Å². The lowest BCUT2D eigenvalue weighted by Gasteiger charge is -2.09. The molecule has 0 aliphatic rings. The highest BCUT2D eigenvalue weighted by Crippen LogP contribution is 2.26. The fourth-order valence-corrected chi connectivity index (χ4v) is 0.975. The second-order valence-corrected chi connectivity index (χ2v) is 3.15. The first-order valence-electron chi connectivity index (χ1n) is 4.34. The molecule has 1 rings (SSSR count). The lowest BCUT2D eigenvalue weighted by atomic mass is 10.0. The third-order valence-corrected chi connectivity index (χ3v) is 2.11. The quantitative estimate of drug-likeness (QED) is 0.740. The van der Waals surface area contributed by atoms with Gasteiger partial charge in [-0.2, -0.15) is 13.2 Å². The summed E-state index contributed by atoms with van der Waals surface area (Å²) in [7, 11) is 0. The molecule has 0 N–H and O–H groups in total. The van der Waals surface area contributed by atoms with Gasteiger partial charge in [0.2, 0.25) is 5.82 Å². The third kappa shape index (κ3) is 2.43. The van der Waals surface area contributed by atoms with Gasteiger partial charge in [0.15, 0.2) is 0 Å². The Kier molecular flexibility index (Phi) is 3.08. The van der Waals surface area contributed by atoms with Crippen LogP contribution in [0.2, 0.25) is 0 Å². The van der Waals surface area contributed by atoms with Crippen molar-refractivity contribution in [2.45, 2.75) is 32.4 Å². The van der Waals surface area contributed by atoms with Gasteiger partial charge in [0, 0.05) is 12.4 Å². The molecule has 0 saturated carbocycles. The van der Waals surface area contributed by atoms with E-state index in [9.17, 15) is 13.2 Å². The molecule has 1 aromatic rings. The van der Waals surface area contributed by atoms with Gasteiger partial charge in [0.1, 0.15) is 0 Å². The van der Waals surface area contributed by atoms with Gasteiger partial charge in [-0.05, 0) is 17.9 Å². The molecule has 0 bridgehead atoms. The first-order chi connectivity index (χ1) is 6.45. The number of halogens is 3. The zero-order valence-corrected chi connectivity index (χ0v) is 7.97. The standard InChI is InChI=1S/C9H11F3N2/c1-3-6(2)7-4-13-8(14-5-7)9(10,11)12/h4-6H,3H2,1-2H3/t6-/m0/s1. The van der Waals surface area contributed by atoms with Crippen molar-refractivity contribution in [2.75, 3.05) is 0 Å². The van der Waals surface area contributed by atoms with E-state index in [0.29, 0.717) is 0 Å². The van der Waals surface area contributed by atoms with Crippen molar-refractivity contribution in [1.82, 2.24) is 9.97 Å². The summed E-state index contributed by atoms with van der Waals surface area (Å²) < 4.78 is 36.2. The van der Waals surface area contributed by atoms with Crippen molar-refractivity contribution in [3.05, 3.63) is 23.8 Å². The second kappa shape index (κ2) is 3.94. The van der Waals surface area contributed by atoms with Gasteiger partial charge < -0.3 is 0 Å². The van der Waals surface area contributed by atoms with E-state index in [2.05, 4.69) is 9.97 Å². The average Bonchev–Trinajstić information content (AvgIpc) is 2.15. The smallest absolute Gasteiger partial charge is 0.233 e. The molecule has 0 aliphatic carbocycles. The van der Waals surface area contributed by atoms with Crippen molar-refractivity contribution in [2.24, 2.45) is 0 Å². The normalized spacial score (nSPS) is 14.1. The number of nitrogens with zero attached hydrogens (tertiary/aromatic N) is 2. The first kappa shape index (κ1) is 10.9. The molecule has 2 nitrogen and oxygen atoms in total.